The zero-order valence-electron chi connectivity index (χ0n) is 13.2. The quantitative estimate of drug-likeness (QED) is 0.941. The number of carbonyl (C=O) groups excluding carboxylic acids is 1. The summed E-state index contributed by atoms with van der Waals surface area (Å²) in [4.78, 5) is 12.4. The van der Waals surface area contributed by atoms with Gasteiger partial charge in [-0.15, -0.1) is 0 Å². The molecule has 1 amide bonds. The molecular formula is C18H19NO4. The van der Waals surface area contributed by atoms with Crippen molar-refractivity contribution >= 4 is 11.6 Å². The zero-order valence-corrected chi connectivity index (χ0v) is 13.2. The van der Waals surface area contributed by atoms with E-state index in [1.807, 2.05) is 18.2 Å². The molecule has 0 bridgehead atoms. The summed E-state index contributed by atoms with van der Waals surface area (Å²) in [7, 11) is 3.11. The highest BCUT2D eigenvalue weighted by Gasteiger charge is 2.14. The van der Waals surface area contributed by atoms with Crippen LogP contribution in [0.3, 0.4) is 0 Å². The number of hydrogen-bond acceptors (Lipinski definition) is 4. The molecular weight excluding hydrogens is 294 g/mol. The van der Waals surface area contributed by atoms with Crippen LogP contribution >= 0.6 is 0 Å². The van der Waals surface area contributed by atoms with Crippen LogP contribution in [0, 0.1) is 0 Å². The van der Waals surface area contributed by atoms with Gasteiger partial charge in [0.1, 0.15) is 5.75 Å². The lowest BCUT2D eigenvalue weighted by molar-refractivity contribution is 0.102. The number of ether oxygens (including phenoxy) is 3. The summed E-state index contributed by atoms with van der Waals surface area (Å²) in [5.41, 5.74) is 2.40. The number of methoxy groups -OCH3 is 2. The molecule has 0 atom stereocenters. The normalized spacial score (nSPS) is 12.8. The summed E-state index contributed by atoms with van der Waals surface area (Å²) in [5, 5.41) is 2.91. The van der Waals surface area contributed by atoms with Crippen molar-refractivity contribution in [3.63, 3.8) is 0 Å². The molecule has 0 spiro atoms. The maximum absolute atomic E-state index is 12.4. The minimum absolute atomic E-state index is 0.192. The molecule has 0 aliphatic carbocycles. The zero-order chi connectivity index (χ0) is 16.2. The van der Waals surface area contributed by atoms with Crippen molar-refractivity contribution in [3.05, 3.63) is 47.5 Å². The lowest BCUT2D eigenvalue weighted by Crippen LogP contribution is -2.13. The van der Waals surface area contributed by atoms with Crippen LogP contribution in [-0.4, -0.2) is 26.7 Å². The van der Waals surface area contributed by atoms with Crippen LogP contribution in [0.2, 0.25) is 0 Å². The summed E-state index contributed by atoms with van der Waals surface area (Å²) >= 11 is 0. The van der Waals surface area contributed by atoms with E-state index in [1.165, 1.54) is 0 Å². The summed E-state index contributed by atoms with van der Waals surface area (Å²) in [6, 6.07) is 10.8. The van der Waals surface area contributed by atoms with Gasteiger partial charge in [-0.2, -0.15) is 0 Å². The summed E-state index contributed by atoms with van der Waals surface area (Å²) < 4.78 is 16.0. The molecule has 2 aromatic rings. The van der Waals surface area contributed by atoms with Crippen LogP contribution in [0.25, 0.3) is 0 Å². The number of fused-ring (bicyclic) bond motifs is 1. The Hall–Kier alpha value is -2.69. The molecule has 5 nitrogen and oxygen atoms in total. The second-order valence-corrected chi connectivity index (χ2v) is 5.30. The molecule has 5 heteroatoms. The maximum Gasteiger partial charge on any atom is 0.255 e. The number of anilines is 1. The van der Waals surface area contributed by atoms with Crippen molar-refractivity contribution in [1.82, 2.24) is 0 Å². The van der Waals surface area contributed by atoms with Gasteiger partial charge < -0.3 is 19.5 Å². The molecule has 1 aliphatic heterocycles. The molecule has 0 unspecified atom stereocenters. The van der Waals surface area contributed by atoms with Gasteiger partial charge in [-0.05, 0) is 54.8 Å². The number of amides is 1. The molecule has 1 heterocycles. The van der Waals surface area contributed by atoms with Gasteiger partial charge in [-0.1, -0.05) is 0 Å². The predicted molar refractivity (Wildman–Crippen MR) is 87.8 cm³/mol. The van der Waals surface area contributed by atoms with E-state index in [2.05, 4.69) is 5.32 Å². The van der Waals surface area contributed by atoms with Crippen molar-refractivity contribution in [3.8, 4) is 17.2 Å². The Morgan fingerprint density at radius 3 is 2.70 bits per heavy atom. The van der Waals surface area contributed by atoms with E-state index in [-0.39, 0.29) is 5.91 Å². The van der Waals surface area contributed by atoms with E-state index >= 15 is 0 Å². The van der Waals surface area contributed by atoms with E-state index in [0.29, 0.717) is 17.1 Å². The molecule has 0 radical (unpaired) electrons. The number of hydrogen-bond donors (Lipinski definition) is 1. The minimum atomic E-state index is -0.192. The average molecular weight is 313 g/mol. The van der Waals surface area contributed by atoms with Gasteiger partial charge in [0.15, 0.2) is 11.5 Å². The van der Waals surface area contributed by atoms with E-state index in [9.17, 15) is 4.79 Å². The first-order valence-electron chi connectivity index (χ1n) is 7.50. The fourth-order valence-corrected chi connectivity index (χ4v) is 2.62. The average Bonchev–Trinajstić information content (AvgIpc) is 2.60. The Balaban J connectivity index is 1.79. The van der Waals surface area contributed by atoms with Crippen LogP contribution in [0.5, 0.6) is 17.2 Å². The number of rotatable bonds is 4. The molecule has 23 heavy (non-hydrogen) atoms. The molecule has 0 saturated carbocycles. The fourth-order valence-electron chi connectivity index (χ4n) is 2.62. The number of benzene rings is 2. The van der Waals surface area contributed by atoms with Gasteiger partial charge in [0, 0.05) is 11.3 Å². The molecule has 1 aliphatic rings. The van der Waals surface area contributed by atoms with Crippen molar-refractivity contribution < 1.29 is 19.0 Å². The first kappa shape index (κ1) is 15.2. The number of carbonyl (C=O) groups is 1. The Morgan fingerprint density at radius 2 is 1.91 bits per heavy atom. The van der Waals surface area contributed by atoms with Crippen molar-refractivity contribution in [1.29, 1.82) is 0 Å². The topological polar surface area (TPSA) is 56.8 Å². The Bertz CT molecular complexity index is 727. The Kier molecular flexibility index (Phi) is 4.37. The SMILES string of the molecule is COc1ccc(C(=O)Nc2ccc3c(c2)CCCO3)cc1OC. The van der Waals surface area contributed by atoms with Crippen LogP contribution in [-0.2, 0) is 6.42 Å². The highest BCUT2D eigenvalue weighted by atomic mass is 16.5. The molecule has 3 rings (SSSR count). The lowest BCUT2D eigenvalue weighted by Gasteiger charge is -2.18. The smallest absolute Gasteiger partial charge is 0.255 e. The molecule has 2 aromatic carbocycles. The van der Waals surface area contributed by atoms with E-state index in [0.717, 1.165) is 36.4 Å². The molecule has 0 fully saturated rings. The van der Waals surface area contributed by atoms with Crippen LogP contribution in [0.4, 0.5) is 5.69 Å². The highest BCUT2D eigenvalue weighted by molar-refractivity contribution is 6.04. The second kappa shape index (κ2) is 6.60. The van der Waals surface area contributed by atoms with Crippen molar-refractivity contribution in [2.24, 2.45) is 0 Å². The third-order valence-electron chi connectivity index (χ3n) is 3.81. The van der Waals surface area contributed by atoms with Gasteiger partial charge in [0.2, 0.25) is 0 Å². The van der Waals surface area contributed by atoms with Gasteiger partial charge in [0.05, 0.1) is 20.8 Å². The monoisotopic (exact) mass is 313 g/mol. The van der Waals surface area contributed by atoms with Crippen LogP contribution < -0.4 is 19.5 Å². The third kappa shape index (κ3) is 3.23. The molecule has 1 N–H and O–H groups in total. The van der Waals surface area contributed by atoms with Gasteiger partial charge >= 0.3 is 0 Å². The van der Waals surface area contributed by atoms with Gasteiger partial charge in [-0.3, -0.25) is 4.79 Å². The molecule has 120 valence electrons. The van der Waals surface area contributed by atoms with Gasteiger partial charge in [-0.25, -0.2) is 0 Å². The standard InChI is InChI=1S/C18H19NO4/c1-21-16-7-5-13(11-17(16)22-2)18(20)19-14-6-8-15-12(10-14)4-3-9-23-15/h5-8,10-11H,3-4,9H2,1-2H3,(H,19,20). The predicted octanol–water partition coefficient (Wildman–Crippen LogP) is 3.28. The Labute approximate surface area is 135 Å². The van der Waals surface area contributed by atoms with Crippen molar-refractivity contribution in [2.45, 2.75) is 12.8 Å². The molecule has 0 saturated heterocycles. The summed E-state index contributed by atoms with van der Waals surface area (Å²) in [6.07, 6.45) is 1.97. The van der Waals surface area contributed by atoms with E-state index < -0.39 is 0 Å². The number of nitrogens with one attached hydrogen (secondary N) is 1. The second-order valence-electron chi connectivity index (χ2n) is 5.30. The lowest BCUT2D eigenvalue weighted by atomic mass is 10.1. The largest absolute Gasteiger partial charge is 0.493 e. The highest BCUT2D eigenvalue weighted by Crippen LogP contribution is 2.29. The molecule has 0 aromatic heterocycles. The first-order chi connectivity index (χ1) is 11.2. The third-order valence-corrected chi connectivity index (χ3v) is 3.81. The summed E-state index contributed by atoms with van der Waals surface area (Å²) in [6.45, 7) is 0.754. The fraction of sp³-hybridized carbons (Fsp3) is 0.278. The van der Waals surface area contributed by atoms with Crippen LogP contribution in [0.15, 0.2) is 36.4 Å². The number of aryl methyl sites for hydroxylation is 1. The Morgan fingerprint density at radius 1 is 1.09 bits per heavy atom. The van der Waals surface area contributed by atoms with Gasteiger partial charge in [0.25, 0.3) is 5.91 Å². The maximum atomic E-state index is 12.4. The first-order valence-corrected chi connectivity index (χ1v) is 7.50. The summed E-state index contributed by atoms with van der Waals surface area (Å²) in [5.74, 6) is 1.83. The minimum Gasteiger partial charge on any atom is -0.493 e. The van der Waals surface area contributed by atoms with E-state index in [1.54, 1.807) is 32.4 Å². The van der Waals surface area contributed by atoms with Crippen LogP contribution in [0.1, 0.15) is 22.3 Å². The van der Waals surface area contributed by atoms with E-state index in [4.69, 9.17) is 14.2 Å². The van der Waals surface area contributed by atoms with Crippen molar-refractivity contribution in [2.75, 3.05) is 26.1 Å².